The van der Waals surface area contributed by atoms with Crippen molar-refractivity contribution in [2.24, 2.45) is 0 Å². The van der Waals surface area contributed by atoms with Crippen LogP contribution in [0.1, 0.15) is 213 Å². The maximum atomic E-state index is 12.7. The van der Waals surface area contributed by atoms with Crippen LogP contribution in [0.5, 0.6) is 0 Å². The molecule has 0 aromatic rings. The molecule has 328 valence electrons. The molecule has 0 aliphatic carbocycles. The minimum Gasteiger partial charge on any atom is -0.477 e. The van der Waals surface area contributed by atoms with Crippen molar-refractivity contribution < 1.29 is 38.2 Å². The van der Waals surface area contributed by atoms with Gasteiger partial charge in [-0.05, 0) is 57.8 Å². The van der Waals surface area contributed by atoms with Gasteiger partial charge in [-0.25, -0.2) is 4.79 Å². The number of hydrogen-bond donors (Lipinski definition) is 1. The highest BCUT2D eigenvalue weighted by molar-refractivity contribution is 5.72. The summed E-state index contributed by atoms with van der Waals surface area (Å²) in [5.74, 6) is -1.48. The van der Waals surface area contributed by atoms with Crippen molar-refractivity contribution in [1.82, 2.24) is 0 Å². The summed E-state index contributed by atoms with van der Waals surface area (Å²) < 4.78 is 17.3. The van der Waals surface area contributed by atoms with Gasteiger partial charge in [0, 0.05) is 19.3 Å². The Morgan fingerprint density at radius 2 is 0.911 bits per heavy atom. The van der Waals surface area contributed by atoms with E-state index in [0.717, 1.165) is 57.8 Å². The number of rotatable bonds is 42. The Morgan fingerprint density at radius 1 is 0.518 bits per heavy atom. The summed E-state index contributed by atoms with van der Waals surface area (Å²) in [6.07, 6.45) is 43.8. The molecule has 0 fully saturated rings. The zero-order valence-electron chi connectivity index (χ0n) is 37.3. The Kier molecular flexibility index (Phi) is 38.1. The molecule has 0 rings (SSSR count). The molecule has 2 atom stereocenters. The number of nitrogens with zero attached hydrogens (tertiary/aromatic N) is 1. The Morgan fingerprint density at radius 3 is 1.34 bits per heavy atom. The van der Waals surface area contributed by atoms with E-state index in [0.29, 0.717) is 19.3 Å². The predicted octanol–water partition coefficient (Wildman–Crippen LogP) is 12.9. The van der Waals surface area contributed by atoms with Gasteiger partial charge in [-0.1, -0.05) is 160 Å². The number of allylic oxidation sites excluding steroid dienone is 4. The van der Waals surface area contributed by atoms with E-state index in [1.807, 2.05) is 21.1 Å². The highest BCUT2D eigenvalue weighted by Crippen LogP contribution is 2.15. The number of unbranched alkanes of at least 4 members (excludes halogenated alkanes) is 24. The smallest absolute Gasteiger partial charge is 0.362 e. The molecule has 0 saturated carbocycles. The number of hydrogen-bond acceptors (Lipinski definition) is 6. The van der Waals surface area contributed by atoms with Crippen LogP contribution in [0.2, 0.25) is 0 Å². The van der Waals surface area contributed by atoms with Crippen LogP contribution in [0.15, 0.2) is 24.3 Å². The first kappa shape index (κ1) is 53.8. The summed E-state index contributed by atoms with van der Waals surface area (Å²) >= 11 is 0. The van der Waals surface area contributed by atoms with Gasteiger partial charge in [0.2, 0.25) is 0 Å². The maximum absolute atomic E-state index is 12.7. The van der Waals surface area contributed by atoms with Crippen LogP contribution < -0.4 is 0 Å². The Labute approximate surface area is 345 Å². The number of carbonyl (C=O) groups is 3. The zero-order chi connectivity index (χ0) is 41.4. The molecule has 0 heterocycles. The highest BCUT2D eigenvalue weighted by Gasteiger charge is 2.31. The third kappa shape index (κ3) is 37.4. The standard InChI is InChI=1S/C48H89NO7/c1-6-8-10-12-14-16-18-19-20-21-22-23-24-25-26-27-28-29-31-33-35-37-39-47(51)56-44(42-54-41-40-45(48(52)53)49(3,4)5)43-55-46(50)38-36-34-32-30-17-15-13-11-9-7-2/h13,15,24-25,44-45H,6-12,14,16-23,26-43H2,1-5H3/p+1/b15-13+,25-24+. The van der Waals surface area contributed by atoms with Crippen LogP contribution in [-0.4, -0.2) is 80.6 Å². The molecular weight excluding hydrogens is 703 g/mol. The number of carbonyl (C=O) groups excluding carboxylic acids is 2. The van der Waals surface area contributed by atoms with E-state index in [2.05, 4.69) is 38.2 Å². The number of quaternary nitrogens is 1. The molecule has 8 nitrogen and oxygen atoms in total. The van der Waals surface area contributed by atoms with Crippen LogP contribution in [0.25, 0.3) is 0 Å². The Balaban J connectivity index is 4.21. The van der Waals surface area contributed by atoms with Crippen LogP contribution in [-0.2, 0) is 28.6 Å². The minimum atomic E-state index is -0.876. The summed E-state index contributed by atoms with van der Waals surface area (Å²) in [6.45, 7) is 4.69. The Bertz CT molecular complexity index is 973. The first-order chi connectivity index (χ1) is 27.1. The number of esters is 2. The number of carboxylic acids is 1. The monoisotopic (exact) mass is 793 g/mol. The molecule has 0 aliphatic heterocycles. The predicted molar refractivity (Wildman–Crippen MR) is 234 cm³/mol. The topological polar surface area (TPSA) is 99.1 Å². The van der Waals surface area contributed by atoms with E-state index in [1.165, 1.54) is 122 Å². The summed E-state index contributed by atoms with van der Waals surface area (Å²) in [6, 6.07) is -0.614. The van der Waals surface area contributed by atoms with Gasteiger partial charge in [-0.3, -0.25) is 9.59 Å². The van der Waals surface area contributed by atoms with Crippen molar-refractivity contribution in [3.05, 3.63) is 24.3 Å². The Hall–Kier alpha value is -2.19. The highest BCUT2D eigenvalue weighted by atomic mass is 16.6. The minimum absolute atomic E-state index is 0.0562. The van der Waals surface area contributed by atoms with Crippen LogP contribution in [0, 0.1) is 0 Å². The molecular formula is C48H90NO7+. The molecule has 0 radical (unpaired) electrons. The lowest BCUT2D eigenvalue weighted by Gasteiger charge is -2.31. The summed E-state index contributed by atoms with van der Waals surface area (Å²) in [5.41, 5.74) is 0. The number of likely N-dealkylation sites (N-methyl/N-ethyl adjacent to an activating group) is 1. The molecule has 0 spiro atoms. The lowest BCUT2D eigenvalue weighted by Crippen LogP contribution is -2.50. The van der Waals surface area contributed by atoms with Gasteiger partial charge in [-0.15, -0.1) is 0 Å². The molecule has 0 aromatic heterocycles. The quantitative estimate of drug-likeness (QED) is 0.0284. The molecule has 0 bridgehead atoms. The van der Waals surface area contributed by atoms with Crippen molar-refractivity contribution in [2.75, 3.05) is 41.0 Å². The lowest BCUT2D eigenvalue weighted by molar-refractivity contribution is -0.887. The fraction of sp³-hybridized carbons (Fsp3) is 0.854. The third-order valence-electron chi connectivity index (χ3n) is 10.6. The normalized spacial score (nSPS) is 13.1. The summed E-state index contributed by atoms with van der Waals surface area (Å²) in [7, 11) is 5.52. The van der Waals surface area contributed by atoms with E-state index in [4.69, 9.17) is 14.2 Å². The number of ether oxygens (including phenoxy) is 3. The second kappa shape index (κ2) is 39.6. The van der Waals surface area contributed by atoms with E-state index in [-0.39, 0.29) is 36.2 Å². The molecule has 0 aromatic carbocycles. The first-order valence-corrected chi connectivity index (χ1v) is 23.4. The average molecular weight is 793 g/mol. The fourth-order valence-corrected chi connectivity index (χ4v) is 6.89. The first-order valence-electron chi connectivity index (χ1n) is 23.4. The molecule has 0 amide bonds. The maximum Gasteiger partial charge on any atom is 0.362 e. The second-order valence-corrected chi connectivity index (χ2v) is 17.0. The third-order valence-corrected chi connectivity index (χ3v) is 10.6. The molecule has 56 heavy (non-hydrogen) atoms. The van der Waals surface area contributed by atoms with E-state index in [9.17, 15) is 19.5 Å². The fourth-order valence-electron chi connectivity index (χ4n) is 6.89. The van der Waals surface area contributed by atoms with Crippen LogP contribution in [0.4, 0.5) is 0 Å². The zero-order valence-corrected chi connectivity index (χ0v) is 37.3. The van der Waals surface area contributed by atoms with Gasteiger partial charge in [0.05, 0.1) is 34.4 Å². The summed E-state index contributed by atoms with van der Waals surface area (Å²) in [5, 5.41) is 9.61. The van der Waals surface area contributed by atoms with Crippen LogP contribution in [0.3, 0.4) is 0 Å². The van der Waals surface area contributed by atoms with Gasteiger partial charge in [0.1, 0.15) is 6.61 Å². The van der Waals surface area contributed by atoms with Gasteiger partial charge in [0.25, 0.3) is 0 Å². The number of carboxylic acid groups (broad SMARTS) is 1. The van der Waals surface area contributed by atoms with Crippen LogP contribution >= 0.6 is 0 Å². The van der Waals surface area contributed by atoms with Gasteiger partial charge in [-0.2, -0.15) is 0 Å². The molecule has 0 saturated heterocycles. The lowest BCUT2D eigenvalue weighted by atomic mass is 10.0. The van der Waals surface area contributed by atoms with Crippen molar-refractivity contribution >= 4 is 17.9 Å². The molecule has 8 heteroatoms. The van der Waals surface area contributed by atoms with Crippen molar-refractivity contribution in [2.45, 2.75) is 225 Å². The SMILES string of the molecule is CCCC/C=C/CCCCCCC(=O)OCC(COCCC(C(=O)O)[N+](C)(C)C)OC(=O)CCCCCCCCC/C=C/CCCCCCCCCCCCC. The van der Waals surface area contributed by atoms with E-state index in [1.54, 1.807) is 0 Å². The van der Waals surface area contributed by atoms with E-state index < -0.39 is 18.1 Å². The van der Waals surface area contributed by atoms with Gasteiger partial charge in [0.15, 0.2) is 12.1 Å². The van der Waals surface area contributed by atoms with Gasteiger partial charge >= 0.3 is 17.9 Å². The average Bonchev–Trinajstić information content (AvgIpc) is 3.15. The van der Waals surface area contributed by atoms with Crippen molar-refractivity contribution in [3.8, 4) is 0 Å². The molecule has 2 unspecified atom stereocenters. The molecule has 1 N–H and O–H groups in total. The van der Waals surface area contributed by atoms with Crippen molar-refractivity contribution in [3.63, 3.8) is 0 Å². The van der Waals surface area contributed by atoms with E-state index >= 15 is 0 Å². The largest absolute Gasteiger partial charge is 0.477 e. The molecule has 0 aliphatic rings. The number of aliphatic carboxylic acids is 1. The second-order valence-electron chi connectivity index (χ2n) is 17.0. The van der Waals surface area contributed by atoms with Gasteiger partial charge < -0.3 is 23.8 Å². The van der Waals surface area contributed by atoms with Crippen molar-refractivity contribution in [1.29, 1.82) is 0 Å². The summed E-state index contributed by atoms with van der Waals surface area (Å²) in [4.78, 5) is 36.9.